The molecule has 0 aliphatic carbocycles. The van der Waals surface area contributed by atoms with Gasteiger partial charge in [-0.25, -0.2) is 0 Å². The lowest BCUT2D eigenvalue weighted by atomic mass is 10.1. The van der Waals surface area contributed by atoms with Gasteiger partial charge in [-0.1, -0.05) is 25.1 Å². The van der Waals surface area contributed by atoms with Crippen LogP contribution in [-0.4, -0.2) is 46.2 Å². The Labute approximate surface area is 165 Å². The summed E-state index contributed by atoms with van der Waals surface area (Å²) in [5.74, 6) is 0.808. The van der Waals surface area contributed by atoms with Gasteiger partial charge in [0.25, 0.3) is 11.8 Å². The third-order valence-corrected chi connectivity index (χ3v) is 4.28. The van der Waals surface area contributed by atoms with Gasteiger partial charge in [0.05, 0.1) is 27.0 Å². The molecule has 0 heterocycles. The Kier molecular flexibility index (Phi) is 7.83. The highest BCUT2D eigenvalue weighted by molar-refractivity contribution is 5.94. The second-order valence-electron chi connectivity index (χ2n) is 6.48. The summed E-state index contributed by atoms with van der Waals surface area (Å²) in [4.78, 5) is 25.5. The molecule has 0 radical (unpaired) electrons. The van der Waals surface area contributed by atoms with E-state index in [1.165, 1.54) is 7.11 Å². The highest BCUT2D eigenvalue weighted by atomic mass is 16.5. The van der Waals surface area contributed by atoms with Gasteiger partial charge in [0.1, 0.15) is 11.5 Å². The van der Waals surface area contributed by atoms with Crippen LogP contribution in [0, 0.1) is 0 Å². The Morgan fingerprint density at radius 1 is 0.929 bits per heavy atom. The van der Waals surface area contributed by atoms with Crippen LogP contribution in [0.2, 0.25) is 0 Å². The first-order valence-corrected chi connectivity index (χ1v) is 9.17. The van der Waals surface area contributed by atoms with Gasteiger partial charge in [-0.05, 0) is 30.2 Å². The summed E-state index contributed by atoms with van der Waals surface area (Å²) >= 11 is 0. The Bertz CT molecular complexity index is 823. The lowest BCUT2D eigenvalue weighted by Gasteiger charge is -2.16. The van der Waals surface area contributed by atoms with Gasteiger partial charge < -0.3 is 25.0 Å². The van der Waals surface area contributed by atoms with Crippen LogP contribution < -0.4 is 25.0 Å². The van der Waals surface area contributed by atoms with Crippen LogP contribution in [-0.2, 0) is 16.0 Å². The van der Waals surface area contributed by atoms with Crippen molar-refractivity contribution in [2.75, 3.05) is 45.0 Å². The highest BCUT2D eigenvalue weighted by Crippen LogP contribution is 2.28. The Morgan fingerprint density at radius 3 is 2.18 bits per heavy atom. The highest BCUT2D eigenvalue weighted by Gasteiger charge is 2.17. The molecule has 3 N–H and O–H groups in total. The average molecular weight is 386 g/mol. The van der Waals surface area contributed by atoms with Gasteiger partial charge >= 0.3 is 0 Å². The van der Waals surface area contributed by atoms with Gasteiger partial charge in [0.15, 0.2) is 13.1 Å². The first-order valence-electron chi connectivity index (χ1n) is 9.17. The predicted octanol–water partition coefficient (Wildman–Crippen LogP) is 1.36. The maximum Gasteiger partial charge on any atom is 0.279 e. The quantitative estimate of drug-likeness (QED) is 0.608. The molecule has 0 aromatic heterocycles. The summed E-state index contributed by atoms with van der Waals surface area (Å²) in [5.41, 5.74) is 2.42. The van der Waals surface area contributed by atoms with Crippen LogP contribution in [0.15, 0.2) is 42.5 Å². The van der Waals surface area contributed by atoms with E-state index in [2.05, 4.69) is 10.6 Å². The number of carbonyl (C=O) groups excluding carboxylic acids is 2. The number of ether oxygens (including phenoxy) is 2. The largest absolute Gasteiger partial charge is 0.497 e. The molecule has 2 aromatic rings. The van der Waals surface area contributed by atoms with E-state index in [0.29, 0.717) is 17.2 Å². The van der Waals surface area contributed by atoms with Crippen molar-refractivity contribution in [3.8, 4) is 11.5 Å². The third-order valence-electron chi connectivity index (χ3n) is 4.28. The fraction of sp³-hybridized carbons (Fsp3) is 0.333. The Morgan fingerprint density at radius 2 is 1.57 bits per heavy atom. The molecule has 0 spiro atoms. The number of methoxy groups -OCH3 is 2. The van der Waals surface area contributed by atoms with Gasteiger partial charge in [-0.15, -0.1) is 0 Å². The minimum atomic E-state index is -0.217. The SMILES string of the molecule is CCc1ccccc1NC(=O)C[NH+](C)CC(=O)Nc1cc(OC)ccc1OC. The number of para-hydroxylation sites is 1. The van der Waals surface area contributed by atoms with E-state index in [9.17, 15) is 9.59 Å². The van der Waals surface area contributed by atoms with Crippen molar-refractivity contribution in [1.82, 2.24) is 0 Å². The molecule has 2 rings (SSSR count). The van der Waals surface area contributed by atoms with Gasteiger partial charge in [-0.3, -0.25) is 9.59 Å². The molecular formula is C21H28N3O4+. The van der Waals surface area contributed by atoms with Crippen LogP contribution in [0.5, 0.6) is 11.5 Å². The average Bonchev–Trinajstić information content (AvgIpc) is 2.67. The normalized spacial score (nSPS) is 11.4. The number of hydrogen-bond acceptors (Lipinski definition) is 4. The molecule has 0 aliphatic rings. The number of likely N-dealkylation sites (N-methyl/N-ethyl adjacent to an activating group) is 1. The maximum atomic E-state index is 12.4. The lowest BCUT2D eigenvalue weighted by Crippen LogP contribution is -3.11. The molecule has 7 nitrogen and oxygen atoms in total. The standard InChI is InChI=1S/C21H27N3O4/c1-5-15-8-6-7-9-17(15)22-20(25)13-24(2)14-21(26)23-18-12-16(27-3)10-11-19(18)28-4/h6-12H,5,13-14H2,1-4H3,(H,22,25)(H,23,26)/p+1. The molecule has 1 atom stereocenters. The van der Waals surface area contributed by atoms with E-state index >= 15 is 0 Å². The Balaban J connectivity index is 1.91. The van der Waals surface area contributed by atoms with Crippen molar-refractivity contribution >= 4 is 23.2 Å². The molecule has 1 unspecified atom stereocenters. The van der Waals surface area contributed by atoms with Crippen LogP contribution in [0.25, 0.3) is 0 Å². The summed E-state index contributed by atoms with van der Waals surface area (Å²) in [7, 11) is 4.89. The Hall–Kier alpha value is -3.06. The second-order valence-corrected chi connectivity index (χ2v) is 6.48. The number of anilines is 2. The minimum Gasteiger partial charge on any atom is -0.497 e. The minimum absolute atomic E-state index is 0.134. The monoisotopic (exact) mass is 386 g/mol. The van der Waals surface area contributed by atoms with E-state index < -0.39 is 0 Å². The maximum absolute atomic E-state index is 12.4. The molecule has 2 amide bonds. The number of rotatable bonds is 9. The number of hydrogen-bond donors (Lipinski definition) is 3. The molecule has 0 saturated heterocycles. The van der Waals surface area contributed by atoms with Crippen molar-refractivity contribution < 1.29 is 24.0 Å². The van der Waals surface area contributed by atoms with E-state index in [4.69, 9.17) is 9.47 Å². The van der Waals surface area contributed by atoms with Crippen molar-refractivity contribution in [2.24, 2.45) is 0 Å². The molecule has 28 heavy (non-hydrogen) atoms. The molecule has 7 heteroatoms. The summed E-state index contributed by atoms with van der Waals surface area (Å²) in [5, 5.41) is 5.73. The molecule has 150 valence electrons. The molecule has 2 aromatic carbocycles. The molecular weight excluding hydrogens is 358 g/mol. The van der Waals surface area contributed by atoms with Crippen LogP contribution >= 0.6 is 0 Å². The number of aryl methyl sites for hydroxylation is 1. The first-order chi connectivity index (χ1) is 13.5. The summed E-state index contributed by atoms with van der Waals surface area (Å²) in [6.45, 7) is 2.36. The molecule has 0 fully saturated rings. The fourth-order valence-electron chi connectivity index (χ4n) is 2.86. The van der Waals surface area contributed by atoms with Gasteiger partial charge in [-0.2, -0.15) is 0 Å². The zero-order chi connectivity index (χ0) is 20.5. The van der Waals surface area contributed by atoms with Gasteiger partial charge in [0, 0.05) is 11.8 Å². The molecule has 0 saturated carbocycles. The van der Waals surface area contributed by atoms with Crippen LogP contribution in [0.4, 0.5) is 11.4 Å². The smallest absolute Gasteiger partial charge is 0.279 e. The zero-order valence-corrected chi connectivity index (χ0v) is 16.8. The van der Waals surface area contributed by atoms with Crippen molar-refractivity contribution in [2.45, 2.75) is 13.3 Å². The fourth-order valence-corrected chi connectivity index (χ4v) is 2.86. The van der Waals surface area contributed by atoms with Crippen molar-refractivity contribution in [1.29, 1.82) is 0 Å². The predicted molar refractivity (Wildman–Crippen MR) is 109 cm³/mol. The number of quaternary nitrogens is 1. The molecule has 0 bridgehead atoms. The van der Waals surface area contributed by atoms with Crippen LogP contribution in [0.1, 0.15) is 12.5 Å². The molecule has 0 aliphatic heterocycles. The number of nitrogens with one attached hydrogen (secondary N) is 3. The second kappa shape index (κ2) is 10.3. The van der Waals surface area contributed by atoms with E-state index in [1.807, 2.05) is 31.2 Å². The summed E-state index contributed by atoms with van der Waals surface area (Å²) in [6.07, 6.45) is 0.837. The number of carbonyl (C=O) groups is 2. The lowest BCUT2D eigenvalue weighted by molar-refractivity contribution is -0.862. The van der Waals surface area contributed by atoms with Gasteiger partial charge in [0.2, 0.25) is 0 Å². The number of benzene rings is 2. The van der Waals surface area contributed by atoms with E-state index in [1.54, 1.807) is 32.4 Å². The third kappa shape index (κ3) is 5.99. The topological polar surface area (TPSA) is 81.1 Å². The van der Waals surface area contributed by atoms with E-state index in [-0.39, 0.29) is 24.9 Å². The summed E-state index contributed by atoms with van der Waals surface area (Å²) < 4.78 is 10.4. The van der Waals surface area contributed by atoms with Crippen molar-refractivity contribution in [3.05, 3.63) is 48.0 Å². The van der Waals surface area contributed by atoms with Crippen LogP contribution in [0.3, 0.4) is 0 Å². The zero-order valence-electron chi connectivity index (χ0n) is 16.8. The first kappa shape index (κ1) is 21.2. The summed E-state index contributed by atoms with van der Waals surface area (Å²) in [6, 6.07) is 12.9. The number of amides is 2. The van der Waals surface area contributed by atoms with E-state index in [0.717, 1.165) is 22.6 Å². The van der Waals surface area contributed by atoms with Crippen molar-refractivity contribution in [3.63, 3.8) is 0 Å².